The lowest BCUT2D eigenvalue weighted by molar-refractivity contribution is 0.0115. The van der Waals surface area contributed by atoms with Crippen LogP contribution in [0.15, 0.2) is 11.6 Å². The summed E-state index contributed by atoms with van der Waals surface area (Å²) in [7, 11) is 0. The van der Waals surface area contributed by atoms with Crippen LogP contribution in [0, 0.1) is 28.6 Å². The van der Waals surface area contributed by atoms with Crippen molar-refractivity contribution in [3.05, 3.63) is 11.6 Å². The van der Waals surface area contributed by atoms with E-state index in [1.165, 1.54) is 18.4 Å². The predicted octanol–water partition coefficient (Wildman–Crippen LogP) is 3.39. The van der Waals surface area contributed by atoms with E-state index >= 15 is 0 Å². The normalized spacial score (nSPS) is 59.7. The Morgan fingerprint density at radius 1 is 1.38 bits per heavy atom. The monoisotopic (exact) mass is 220 g/mol. The number of hydrogen-bond donors (Lipinski definition) is 1. The van der Waals surface area contributed by atoms with Crippen LogP contribution in [0.2, 0.25) is 0 Å². The van der Waals surface area contributed by atoms with Gasteiger partial charge >= 0.3 is 0 Å². The van der Waals surface area contributed by atoms with Crippen LogP contribution in [0.25, 0.3) is 0 Å². The number of aliphatic hydroxyl groups excluding tert-OH is 1. The summed E-state index contributed by atoms with van der Waals surface area (Å²) in [4.78, 5) is 0. The molecule has 0 aromatic heterocycles. The van der Waals surface area contributed by atoms with Gasteiger partial charge in [0.25, 0.3) is 0 Å². The molecule has 0 amide bonds. The van der Waals surface area contributed by atoms with E-state index in [0.29, 0.717) is 11.3 Å². The molecule has 90 valence electrons. The lowest BCUT2D eigenvalue weighted by Gasteiger charge is -2.43. The third-order valence-corrected chi connectivity index (χ3v) is 6.52. The number of aliphatic hydroxyl groups is 1. The summed E-state index contributed by atoms with van der Waals surface area (Å²) in [5.74, 6) is 2.22. The zero-order valence-electron chi connectivity index (χ0n) is 11.0. The maximum absolute atomic E-state index is 10.5. The van der Waals surface area contributed by atoms with Crippen LogP contribution in [-0.4, -0.2) is 11.2 Å². The van der Waals surface area contributed by atoms with E-state index in [4.69, 9.17) is 0 Å². The van der Waals surface area contributed by atoms with E-state index in [1.807, 2.05) is 0 Å². The molecule has 0 unspecified atom stereocenters. The molecule has 0 radical (unpaired) electrons. The van der Waals surface area contributed by atoms with Gasteiger partial charge < -0.3 is 5.11 Å². The van der Waals surface area contributed by atoms with Gasteiger partial charge in [0.05, 0.1) is 6.10 Å². The molecule has 0 aromatic rings. The Balaban J connectivity index is 2.15. The minimum atomic E-state index is -0.111. The quantitative estimate of drug-likeness (QED) is 0.620. The molecule has 3 aliphatic carbocycles. The molecule has 2 saturated carbocycles. The van der Waals surface area contributed by atoms with Crippen molar-refractivity contribution >= 4 is 0 Å². The summed E-state index contributed by atoms with van der Waals surface area (Å²) in [5.41, 5.74) is 1.96. The Morgan fingerprint density at radius 3 is 2.75 bits per heavy atom. The van der Waals surface area contributed by atoms with Crippen LogP contribution in [-0.2, 0) is 0 Å². The Bertz CT molecular complexity index is 358. The van der Waals surface area contributed by atoms with Gasteiger partial charge in [-0.15, -0.1) is 0 Å². The maximum Gasteiger partial charge on any atom is 0.0636 e. The Hall–Kier alpha value is -0.300. The Kier molecular flexibility index (Phi) is 1.98. The van der Waals surface area contributed by atoms with Crippen LogP contribution in [0.4, 0.5) is 0 Å². The number of rotatable bonds is 0. The van der Waals surface area contributed by atoms with E-state index in [1.54, 1.807) is 0 Å². The van der Waals surface area contributed by atoms with Gasteiger partial charge in [0, 0.05) is 5.41 Å². The molecular weight excluding hydrogens is 196 g/mol. The van der Waals surface area contributed by atoms with E-state index in [9.17, 15) is 5.11 Å². The zero-order chi connectivity index (χ0) is 11.7. The lowest BCUT2D eigenvalue weighted by Crippen LogP contribution is -2.41. The zero-order valence-corrected chi connectivity index (χ0v) is 11.0. The molecule has 1 N–H and O–H groups in total. The van der Waals surface area contributed by atoms with Gasteiger partial charge in [-0.2, -0.15) is 0 Å². The van der Waals surface area contributed by atoms with Gasteiger partial charge in [-0.05, 0) is 49.4 Å². The first-order valence-electron chi connectivity index (χ1n) is 6.81. The van der Waals surface area contributed by atoms with Crippen molar-refractivity contribution in [3.63, 3.8) is 0 Å². The summed E-state index contributed by atoms with van der Waals surface area (Å²) in [5, 5.41) is 10.5. The van der Waals surface area contributed by atoms with Crippen LogP contribution in [0.5, 0.6) is 0 Å². The first-order chi connectivity index (χ1) is 7.43. The number of allylic oxidation sites excluding steroid dienone is 1. The van der Waals surface area contributed by atoms with Crippen LogP contribution >= 0.6 is 0 Å². The van der Waals surface area contributed by atoms with Crippen molar-refractivity contribution in [1.82, 2.24) is 0 Å². The lowest BCUT2D eigenvalue weighted by atomic mass is 9.61. The summed E-state index contributed by atoms with van der Waals surface area (Å²) in [6, 6.07) is 0. The van der Waals surface area contributed by atoms with Crippen molar-refractivity contribution in [2.45, 2.75) is 53.1 Å². The summed E-state index contributed by atoms with van der Waals surface area (Å²) >= 11 is 0. The second-order valence-electron chi connectivity index (χ2n) is 6.81. The topological polar surface area (TPSA) is 20.2 Å². The predicted molar refractivity (Wildman–Crippen MR) is 66.0 cm³/mol. The molecule has 16 heavy (non-hydrogen) atoms. The van der Waals surface area contributed by atoms with Crippen molar-refractivity contribution < 1.29 is 5.11 Å². The first kappa shape index (κ1) is 10.8. The second kappa shape index (κ2) is 2.93. The standard InChI is InChI=1S/C15H24O/c1-9-5-6-15-11(3)10(2)8-14(15,4)13(16)7-12(9)15/h8-9,11-13,16H,5-7H2,1-4H3/t9-,11-,12+,13-,14-,15+/m1/s1. The highest BCUT2D eigenvalue weighted by Crippen LogP contribution is 2.73. The van der Waals surface area contributed by atoms with E-state index in [0.717, 1.165) is 18.3 Å². The Labute approximate surface area is 98.9 Å². The van der Waals surface area contributed by atoms with Crippen molar-refractivity contribution in [3.8, 4) is 0 Å². The highest BCUT2D eigenvalue weighted by Gasteiger charge is 2.68. The first-order valence-corrected chi connectivity index (χ1v) is 6.81. The largest absolute Gasteiger partial charge is 0.392 e. The summed E-state index contributed by atoms with van der Waals surface area (Å²) in [6.45, 7) is 9.34. The molecule has 0 heterocycles. The van der Waals surface area contributed by atoms with Gasteiger partial charge in [0.15, 0.2) is 0 Å². The molecule has 1 spiro atoms. The smallest absolute Gasteiger partial charge is 0.0636 e. The fourth-order valence-corrected chi connectivity index (χ4v) is 5.51. The van der Waals surface area contributed by atoms with Gasteiger partial charge in [-0.3, -0.25) is 0 Å². The Morgan fingerprint density at radius 2 is 2.06 bits per heavy atom. The molecule has 6 atom stereocenters. The van der Waals surface area contributed by atoms with Gasteiger partial charge in [0.1, 0.15) is 0 Å². The van der Waals surface area contributed by atoms with Gasteiger partial charge in [-0.25, -0.2) is 0 Å². The highest BCUT2D eigenvalue weighted by atomic mass is 16.3. The molecular formula is C15H24O. The summed E-state index contributed by atoms with van der Waals surface area (Å²) < 4.78 is 0. The van der Waals surface area contributed by atoms with Crippen LogP contribution in [0.3, 0.4) is 0 Å². The van der Waals surface area contributed by atoms with E-state index < -0.39 is 0 Å². The molecule has 0 saturated heterocycles. The molecule has 3 aliphatic rings. The molecule has 1 nitrogen and oxygen atoms in total. The summed E-state index contributed by atoms with van der Waals surface area (Å²) in [6.07, 6.45) is 6.01. The molecule has 0 bridgehead atoms. The average molecular weight is 220 g/mol. The fraction of sp³-hybridized carbons (Fsp3) is 0.867. The third kappa shape index (κ3) is 0.895. The fourth-order valence-electron chi connectivity index (χ4n) is 5.51. The minimum Gasteiger partial charge on any atom is -0.392 e. The molecule has 0 aromatic carbocycles. The van der Waals surface area contributed by atoms with Crippen LogP contribution < -0.4 is 0 Å². The third-order valence-electron chi connectivity index (χ3n) is 6.52. The number of hydrogen-bond acceptors (Lipinski definition) is 1. The molecule has 3 rings (SSSR count). The van der Waals surface area contributed by atoms with Crippen molar-refractivity contribution in [1.29, 1.82) is 0 Å². The molecule has 2 fully saturated rings. The SMILES string of the molecule is CC1=C[C@]2(C)[C@H](O)C[C@H]3[C@H](C)CC[C@]32[C@@H]1C. The second-order valence-corrected chi connectivity index (χ2v) is 6.81. The van der Waals surface area contributed by atoms with Crippen molar-refractivity contribution in [2.75, 3.05) is 0 Å². The van der Waals surface area contributed by atoms with E-state index in [-0.39, 0.29) is 11.5 Å². The van der Waals surface area contributed by atoms with Crippen molar-refractivity contribution in [2.24, 2.45) is 28.6 Å². The molecule has 0 aliphatic heterocycles. The van der Waals surface area contributed by atoms with Gasteiger partial charge in [0.2, 0.25) is 0 Å². The highest BCUT2D eigenvalue weighted by molar-refractivity contribution is 5.33. The van der Waals surface area contributed by atoms with Crippen LogP contribution in [0.1, 0.15) is 47.0 Å². The molecule has 1 heteroatoms. The maximum atomic E-state index is 10.5. The van der Waals surface area contributed by atoms with Gasteiger partial charge in [-0.1, -0.05) is 32.4 Å². The average Bonchev–Trinajstić information content (AvgIpc) is 2.72. The van der Waals surface area contributed by atoms with E-state index in [2.05, 4.69) is 33.8 Å². The minimum absolute atomic E-state index is 0.0614.